The lowest BCUT2D eigenvalue weighted by molar-refractivity contribution is -0.302. The van der Waals surface area contributed by atoms with Gasteiger partial charge in [-0.05, 0) is 64.2 Å². The highest BCUT2D eigenvalue weighted by Gasteiger charge is 2.44. The van der Waals surface area contributed by atoms with Crippen LogP contribution in [0.1, 0.15) is 129 Å². The van der Waals surface area contributed by atoms with Crippen molar-refractivity contribution in [1.29, 1.82) is 0 Å². The molecule has 47 heavy (non-hydrogen) atoms. The number of aliphatic hydroxyl groups excluding tert-OH is 5. The van der Waals surface area contributed by atoms with Gasteiger partial charge in [0.2, 0.25) is 5.91 Å². The molecule has 1 saturated heterocycles. The largest absolute Gasteiger partial charge is 0.394 e. The molecule has 9 nitrogen and oxygen atoms in total. The third-order valence-corrected chi connectivity index (χ3v) is 8.33. The van der Waals surface area contributed by atoms with Gasteiger partial charge in [-0.25, -0.2) is 0 Å². The minimum atomic E-state index is -1.57. The quantitative estimate of drug-likeness (QED) is 0.0445. The summed E-state index contributed by atoms with van der Waals surface area (Å²) in [4.78, 5) is 12.8. The van der Waals surface area contributed by atoms with Gasteiger partial charge in [0.1, 0.15) is 24.4 Å². The zero-order valence-corrected chi connectivity index (χ0v) is 29.3. The Balaban J connectivity index is 2.52. The maximum Gasteiger partial charge on any atom is 0.220 e. The van der Waals surface area contributed by atoms with Gasteiger partial charge >= 0.3 is 0 Å². The molecule has 0 aromatic carbocycles. The Labute approximate surface area is 284 Å². The van der Waals surface area contributed by atoms with Gasteiger partial charge in [0.15, 0.2) is 6.29 Å². The van der Waals surface area contributed by atoms with E-state index < -0.39 is 49.5 Å². The highest BCUT2D eigenvalue weighted by molar-refractivity contribution is 5.76. The Morgan fingerprint density at radius 3 is 1.87 bits per heavy atom. The lowest BCUT2D eigenvalue weighted by atomic mass is 9.99. The Bertz CT molecular complexity index is 874. The zero-order valence-electron chi connectivity index (χ0n) is 29.3. The number of unbranched alkanes of at least 4 members (excludes halogenated alkanes) is 12. The fourth-order valence-corrected chi connectivity index (χ4v) is 5.30. The molecule has 0 aliphatic carbocycles. The molecule has 9 heteroatoms. The van der Waals surface area contributed by atoms with E-state index in [0.717, 1.165) is 77.0 Å². The van der Waals surface area contributed by atoms with Crippen molar-refractivity contribution >= 4 is 5.91 Å². The third-order valence-electron chi connectivity index (χ3n) is 8.33. The SMILES string of the molecule is CCC/C=C/CC/C=C/CC/C=C/C(O)C(COC1OC(CO)C(O)C(O)C1O)NC(=O)CCCCCCC/C=C\CCCCCC. The molecule has 1 aliphatic heterocycles. The van der Waals surface area contributed by atoms with Crippen molar-refractivity contribution in [3.05, 3.63) is 48.6 Å². The Kier molecular flexibility index (Phi) is 26.7. The molecule has 7 atom stereocenters. The summed E-state index contributed by atoms with van der Waals surface area (Å²) in [6, 6.07) is -0.828. The molecule has 1 heterocycles. The Morgan fingerprint density at radius 1 is 0.702 bits per heavy atom. The summed E-state index contributed by atoms with van der Waals surface area (Å²) >= 11 is 0. The number of rotatable bonds is 28. The van der Waals surface area contributed by atoms with Crippen LogP contribution in [0, 0.1) is 0 Å². The van der Waals surface area contributed by atoms with E-state index in [1.54, 1.807) is 6.08 Å². The first kappa shape index (κ1) is 43.2. The summed E-state index contributed by atoms with van der Waals surface area (Å²) in [6.45, 7) is 3.61. The summed E-state index contributed by atoms with van der Waals surface area (Å²) in [5, 5.41) is 53.7. The average Bonchev–Trinajstić information content (AvgIpc) is 3.07. The van der Waals surface area contributed by atoms with E-state index in [4.69, 9.17) is 9.47 Å². The van der Waals surface area contributed by atoms with Crippen LogP contribution in [0.3, 0.4) is 0 Å². The van der Waals surface area contributed by atoms with Gasteiger partial charge in [0.25, 0.3) is 0 Å². The summed E-state index contributed by atoms with van der Waals surface area (Å²) < 4.78 is 11.1. The van der Waals surface area contributed by atoms with Crippen molar-refractivity contribution in [1.82, 2.24) is 5.32 Å². The summed E-state index contributed by atoms with van der Waals surface area (Å²) in [7, 11) is 0. The van der Waals surface area contributed by atoms with E-state index in [9.17, 15) is 30.3 Å². The molecule has 1 aliphatic rings. The van der Waals surface area contributed by atoms with Crippen LogP contribution in [-0.2, 0) is 14.3 Å². The number of aliphatic hydroxyl groups is 5. The molecule has 1 fully saturated rings. The van der Waals surface area contributed by atoms with Crippen molar-refractivity contribution < 1.29 is 39.8 Å². The van der Waals surface area contributed by atoms with Crippen LogP contribution in [0.15, 0.2) is 48.6 Å². The van der Waals surface area contributed by atoms with E-state index in [2.05, 4.69) is 55.6 Å². The summed E-state index contributed by atoms with van der Waals surface area (Å²) in [5.41, 5.74) is 0. The van der Waals surface area contributed by atoms with Crippen molar-refractivity contribution in [2.45, 2.75) is 172 Å². The molecule has 0 spiro atoms. The molecular weight excluding hydrogens is 598 g/mol. The average molecular weight is 666 g/mol. The predicted molar refractivity (Wildman–Crippen MR) is 189 cm³/mol. The van der Waals surface area contributed by atoms with Crippen LogP contribution in [-0.4, -0.2) is 87.5 Å². The van der Waals surface area contributed by atoms with Crippen LogP contribution in [0.2, 0.25) is 0 Å². The smallest absolute Gasteiger partial charge is 0.220 e. The molecular formula is C38H67NO8. The van der Waals surface area contributed by atoms with Gasteiger partial charge in [-0.3, -0.25) is 4.79 Å². The highest BCUT2D eigenvalue weighted by atomic mass is 16.7. The molecule has 0 saturated carbocycles. The van der Waals surface area contributed by atoms with Crippen molar-refractivity contribution in [3.63, 3.8) is 0 Å². The number of carbonyl (C=O) groups is 1. The summed E-state index contributed by atoms with van der Waals surface area (Å²) in [6.07, 6.45) is 27.3. The minimum Gasteiger partial charge on any atom is -0.394 e. The third kappa shape index (κ3) is 21.0. The molecule has 1 amide bonds. The summed E-state index contributed by atoms with van der Waals surface area (Å²) in [5.74, 6) is -0.207. The Morgan fingerprint density at radius 2 is 1.26 bits per heavy atom. The second kappa shape index (κ2) is 29.1. The molecule has 7 unspecified atom stereocenters. The van der Waals surface area contributed by atoms with Crippen LogP contribution in [0.25, 0.3) is 0 Å². The van der Waals surface area contributed by atoms with E-state index in [1.165, 1.54) is 32.1 Å². The fourth-order valence-electron chi connectivity index (χ4n) is 5.30. The highest BCUT2D eigenvalue weighted by Crippen LogP contribution is 2.22. The second-order valence-electron chi connectivity index (χ2n) is 12.6. The van der Waals surface area contributed by atoms with Crippen LogP contribution in [0.5, 0.6) is 0 Å². The predicted octanol–water partition coefficient (Wildman–Crippen LogP) is 5.94. The number of ether oxygens (including phenoxy) is 2. The van der Waals surface area contributed by atoms with Gasteiger partial charge in [-0.1, -0.05) is 107 Å². The monoisotopic (exact) mass is 665 g/mol. The number of hydrogen-bond donors (Lipinski definition) is 6. The maximum atomic E-state index is 12.8. The maximum absolute atomic E-state index is 12.8. The van der Waals surface area contributed by atoms with E-state index >= 15 is 0 Å². The van der Waals surface area contributed by atoms with E-state index in [-0.39, 0.29) is 12.5 Å². The van der Waals surface area contributed by atoms with Gasteiger partial charge in [-0.15, -0.1) is 0 Å². The van der Waals surface area contributed by atoms with Gasteiger partial charge in [0, 0.05) is 6.42 Å². The molecule has 0 aromatic rings. The first-order chi connectivity index (χ1) is 22.8. The van der Waals surface area contributed by atoms with Crippen molar-refractivity contribution in [3.8, 4) is 0 Å². The molecule has 272 valence electrons. The van der Waals surface area contributed by atoms with E-state index in [1.807, 2.05) is 6.08 Å². The van der Waals surface area contributed by atoms with Crippen molar-refractivity contribution in [2.75, 3.05) is 13.2 Å². The topological polar surface area (TPSA) is 149 Å². The normalized spacial score (nSPS) is 23.4. The first-order valence-corrected chi connectivity index (χ1v) is 18.4. The standard InChI is InChI=1S/C38H67NO8/c1-3-5-7-9-11-13-15-16-18-20-22-24-26-28-34(42)39-31(30-46-38-37(45)36(44)35(43)33(29-40)47-38)32(41)27-25-23-21-19-17-14-12-10-8-6-4-2/h8,10,13,15,17,19,25,27,31-33,35-38,40-41,43-45H,3-7,9,11-12,14,16,18,20-24,26,28-30H2,1-2H3,(H,39,42)/b10-8+,15-13-,19-17+,27-25+. The molecule has 0 radical (unpaired) electrons. The minimum absolute atomic E-state index is 0.207. The van der Waals surface area contributed by atoms with Crippen molar-refractivity contribution in [2.24, 2.45) is 0 Å². The van der Waals surface area contributed by atoms with Crippen LogP contribution >= 0.6 is 0 Å². The van der Waals surface area contributed by atoms with Gasteiger partial charge in [0.05, 0.1) is 25.4 Å². The lowest BCUT2D eigenvalue weighted by Crippen LogP contribution is -2.60. The molecule has 0 bridgehead atoms. The number of allylic oxidation sites excluding steroid dienone is 7. The van der Waals surface area contributed by atoms with E-state index in [0.29, 0.717) is 6.42 Å². The number of carbonyl (C=O) groups excluding carboxylic acids is 1. The van der Waals surface area contributed by atoms with Gasteiger partial charge in [-0.2, -0.15) is 0 Å². The Hall–Kier alpha value is -1.85. The fraction of sp³-hybridized carbons (Fsp3) is 0.763. The first-order valence-electron chi connectivity index (χ1n) is 18.4. The molecule has 6 N–H and O–H groups in total. The van der Waals surface area contributed by atoms with Gasteiger partial charge < -0.3 is 40.3 Å². The number of amides is 1. The van der Waals surface area contributed by atoms with Crippen LogP contribution in [0.4, 0.5) is 0 Å². The number of nitrogens with one attached hydrogen (secondary N) is 1. The molecule has 0 aromatic heterocycles. The molecule has 1 rings (SSSR count). The lowest BCUT2D eigenvalue weighted by Gasteiger charge is -2.40. The van der Waals surface area contributed by atoms with Crippen LogP contribution < -0.4 is 5.32 Å². The second-order valence-corrected chi connectivity index (χ2v) is 12.6. The number of hydrogen-bond acceptors (Lipinski definition) is 8. The zero-order chi connectivity index (χ0) is 34.5.